The molecule has 0 fully saturated rings. The van der Waals surface area contributed by atoms with Crippen LogP contribution < -0.4 is 10.9 Å². The zero-order chi connectivity index (χ0) is 26.4. The lowest BCUT2D eigenvalue weighted by Crippen LogP contribution is -2.42. The van der Waals surface area contributed by atoms with Gasteiger partial charge in [-0.15, -0.1) is 5.10 Å². The highest BCUT2D eigenvalue weighted by Gasteiger charge is 2.32. The van der Waals surface area contributed by atoms with E-state index in [1.807, 2.05) is 13.8 Å². The molecule has 2 aromatic heterocycles. The lowest BCUT2D eigenvalue weighted by Gasteiger charge is -2.30. The summed E-state index contributed by atoms with van der Waals surface area (Å²) in [6, 6.07) is 9.52. The predicted octanol–water partition coefficient (Wildman–Crippen LogP) is 5.50. The van der Waals surface area contributed by atoms with Crippen LogP contribution in [0.4, 0.5) is 4.39 Å². The molecular formula is C26H25Cl2FN4O3. The molecule has 0 bridgehead atoms. The van der Waals surface area contributed by atoms with Gasteiger partial charge in [-0.2, -0.15) is 0 Å². The molecule has 188 valence electrons. The lowest BCUT2D eigenvalue weighted by molar-refractivity contribution is 0.0343. The Morgan fingerprint density at radius 3 is 2.42 bits per heavy atom. The average molecular weight is 531 g/mol. The van der Waals surface area contributed by atoms with E-state index in [4.69, 9.17) is 23.2 Å². The topological polar surface area (TPSA) is 99.5 Å². The highest BCUT2D eigenvalue weighted by atomic mass is 35.5. The summed E-state index contributed by atoms with van der Waals surface area (Å²) >= 11 is 12.3. The highest BCUT2D eigenvalue weighted by molar-refractivity contribution is 6.36. The lowest BCUT2D eigenvalue weighted by atomic mass is 9.91. The van der Waals surface area contributed by atoms with Crippen LogP contribution in [0.2, 0.25) is 10.0 Å². The van der Waals surface area contributed by atoms with Crippen LogP contribution >= 0.6 is 23.2 Å². The van der Waals surface area contributed by atoms with E-state index in [0.717, 1.165) is 0 Å². The molecule has 1 unspecified atom stereocenters. The van der Waals surface area contributed by atoms with Crippen LogP contribution in [0.1, 0.15) is 61.1 Å². The van der Waals surface area contributed by atoms with Gasteiger partial charge in [0.2, 0.25) is 0 Å². The van der Waals surface area contributed by atoms with Crippen LogP contribution in [-0.4, -0.2) is 31.2 Å². The van der Waals surface area contributed by atoms with E-state index in [1.54, 1.807) is 32.0 Å². The van der Waals surface area contributed by atoms with Crippen molar-refractivity contribution in [1.29, 1.82) is 0 Å². The Morgan fingerprint density at radius 1 is 1.17 bits per heavy atom. The van der Waals surface area contributed by atoms with Gasteiger partial charge in [-0.25, -0.2) is 8.91 Å². The molecule has 7 nitrogen and oxygen atoms in total. The minimum absolute atomic E-state index is 0.199. The monoisotopic (exact) mass is 530 g/mol. The van der Waals surface area contributed by atoms with Gasteiger partial charge >= 0.3 is 0 Å². The zero-order valence-electron chi connectivity index (χ0n) is 20.1. The van der Waals surface area contributed by atoms with Crippen LogP contribution in [0.25, 0.3) is 16.9 Å². The molecule has 4 rings (SSSR count). The molecule has 0 aliphatic heterocycles. The van der Waals surface area contributed by atoms with Crippen LogP contribution in [0.5, 0.6) is 0 Å². The third-order valence-corrected chi connectivity index (χ3v) is 6.42. The summed E-state index contributed by atoms with van der Waals surface area (Å²) in [7, 11) is 0. The van der Waals surface area contributed by atoms with E-state index < -0.39 is 28.9 Å². The average Bonchev–Trinajstić information content (AvgIpc) is 3.18. The molecule has 0 saturated carbocycles. The Bertz CT molecular complexity index is 1500. The summed E-state index contributed by atoms with van der Waals surface area (Å²) in [5, 5.41) is 18.9. The quantitative estimate of drug-likeness (QED) is 0.306. The molecule has 3 N–H and O–H groups in total. The van der Waals surface area contributed by atoms with Gasteiger partial charge in [0.05, 0.1) is 22.2 Å². The van der Waals surface area contributed by atoms with Crippen molar-refractivity contribution < 1.29 is 14.3 Å². The molecule has 0 spiro atoms. The SMILES string of the molecule is CC(C)c1c(C(=O)NC(c2ccc(F)cc2)C(C)(C)O)cn2nc(-c3ccc(Cl)cc3Cl)[nH]c(=O)c12. The number of aromatic amines is 1. The molecule has 10 heteroatoms. The van der Waals surface area contributed by atoms with Crippen molar-refractivity contribution in [2.45, 2.75) is 45.3 Å². The Balaban J connectivity index is 1.81. The van der Waals surface area contributed by atoms with Crippen LogP contribution in [0.15, 0.2) is 53.5 Å². The maximum absolute atomic E-state index is 13.5. The summed E-state index contributed by atoms with van der Waals surface area (Å²) in [6.45, 7) is 6.83. The third-order valence-electron chi connectivity index (χ3n) is 5.87. The number of amides is 1. The van der Waals surface area contributed by atoms with Gasteiger partial charge in [0.25, 0.3) is 11.5 Å². The third kappa shape index (κ3) is 5.02. The molecule has 2 aromatic carbocycles. The Kier molecular flexibility index (Phi) is 6.96. The van der Waals surface area contributed by atoms with Crippen molar-refractivity contribution in [1.82, 2.24) is 19.9 Å². The number of nitrogens with one attached hydrogen (secondary N) is 2. The molecule has 0 radical (unpaired) electrons. The number of nitrogens with zero attached hydrogens (tertiary/aromatic N) is 2. The molecule has 2 heterocycles. The summed E-state index contributed by atoms with van der Waals surface area (Å²) in [6.07, 6.45) is 1.48. The molecule has 0 aliphatic carbocycles. The van der Waals surface area contributed by atoms with E-state index >= 15 is 0 Å². The first-order chi connectivity index (χ1) is 16.9. The van der Waals surface area contributed by atoms with E-state index in [9.17, 15) is 19.1 Å². The summed E-state index contributed by atoms with van der Waals surface area (Å²) in [5.74, 6) is -0.921. The van der Waals surface area contributed by atoms with E-state index in [-0.39, 0.29) is 22.8 Å². The van der Waals surface area contributed by atoms with Crippen LogP contribution in [0.3, 0.4) is 0 Å². The van der Waals surface area contributed by atoms with Crippen molar-refractivity contribution in [3.8, 4) is 11.4 Å². The number of H-pyrrole nitrogens is 1. The van der Waals surface area contributed by atoms with Gasteiger partial charge in [0, 0.05) is 22.3 Å². The number of carbonyl (C=O) groups is 1. The molecule has 4 aromatic rings. The number of benzene rings is 2. The molecule has 0 aliphatic rings. The Labute approximate surface area is 216 Å². The number of carbonyl (C=O) groups excluding carboxylic acids is 1. The second-order valence-electron chi connectivity index (χ2n) is 9.44. The van der Waals surface area contributed by atoms with Gasteiger partial charge in [-0.3, -0.25) is 9.59 Å². The maximum atomic E-state index is 13.5. The van der Waals surface area contributed by atoms with Gasteiger partial charge in [-0.05, 0) is 55.7 Å². The van der Waals surface area contributed by atoms with Gasteiger partial charge in [0.15, 0.2) is 5.82 Å². The molecule has 1 amide bonds. The Morgan fingerprint density at radius 2 is 1.83 bits per heavy atom. The second kappa shape index (κ2) is 9.69. The van der Waals surface area contributed by atoms with Crippen molar-refractivity contribution in [3.63, 3.8) is 0 Å². The number of fused-ring (bicyclic) bond motifs is 1. The van der Waals surface area contributed by atoms with Gasteiger partial charge < -0.3 is 15.4 Å². The van der Waals surface area contributed by atoms with Gasteiger partial charge in [0.1, 0.15) is 11.3 Å². The fraction of sp³-hybridized carbons (Fsp3) is 0.269. The number of hydrogen-bond acceptors (Lipinski definition) is 4. The standard InChI is InChI=1S/C26H25Cl2FN4O3/c1-13(2)20-18(24(34)30-22(26(3,4)36)14-5-8-16(29)9-6-14)12-33-21(20)25(35)31-23(32-33)17-10-7-15(27)11-19(17)28/h5-13,22,36H,1-4H3,(H,30,34)(H,31,32,35). The van der Waals surface area contributed by atoms with Crippen LogP contribution in [-0.2, 0) is 0 Å². The predicted molar refractivity (Wildman–Crippen MR) is 138 cm³/mol. The van der Waals surface area contributed by atoms with E-state index in [0.29, 0.717) is 26.7 Å². The summed E-state index contributed by atoms with van der Waals surface area (Å²) in [4.78, 5) is 29.4. The number of aliphatic hydroxyl groups is 1. The molecule has 1 atom stereocenters. The normalized spacial score (nSPS) is 12.8. The fourth-order valence-electron chi connectivity index (χ4n) is 4.21. The molecule has 36 heavy (non-hydrogen) atoms. The summed E-state index contributed by atoms with van der Waals surface area (Å²) < 4.78 is 14.8. The molecular weight excluding hydrogens is 506 g/mol. The zero-order valence-corrected chi connectivity index (χ0v) is 21.6. The minimum atomic E-state index is -1.36. The minimum Gasteiger partial charge on any atom is -0.388 e. The van der Waals surface area contributed by atoms with E-state index in [1.165, 1.54) is 35.0 Å². The molecule has 0 saturated heterocycles. The maximum Gasteiger partial charge on any atom is 0.275 e. The smallest absolute Gasteiger partial charge is 0.275 e. The number of aromatic nitrogens is 3. The number of hydrogen-bond donors (Lipinski definition) is 3. The highest BCUT2D eigenvalue weighted by Crippen LogP contribution is 2.31. The number of halogens is 3. The fourth-order valence-corrected chi connectivity index (χ4v) is 4.71. The first kappa shape index (κ1) is 25.9. The Hall–Kier alpha value is -3.20. The van der Waals surface area contributed by atoms with Crippen molar-refractivity contribution in [2.75, 3.05) is 0 Å². The first-order valence-corrected chi connectivity index (χ1v) is 12.0. The largest absolute Gasteiger partial charge is 0.388 e. The van der Waals surface area contributed by atoms with Crippen molar-refractivity contribution in [2.24, 2.45) is 0 Å². The second-order valence-corrected chi connectivity index (χ2v) is 10.3. The summed E-state index contributed by atoms with van der Waals surface area (Å²) in [5.41, 5.74) is 0.171. The van der Waals surface area contributed by atoms with Crippen molar-refractivity contribution >= 4 is 34.6 Å². The first-order valence-electron chi connectivity index (χ1n) is 11.3. The van der Waals surface area contributed by atoms with Crippen LogP contribution in [0, 0.1) is 5.82 Å². The van der Waals surface area contributed by atoms with Crippen molar-refractivity contribution in [3.05, 3.63) is 91.6 Å². The number of rotatable bonds is 6. The van der Waals surface area contributed by atoms with E-state index in [2.05, 4.69) is 15.4 Å². The van der Waals surface area contributed by atoms with Gasteiger partial charge in [-0.1, -0.05) is 49.2 Å².